The molecule has 1 saturated carbocycles. The molecule has 28 heavy (non-hydrogen) atoms. The van der Waals surface area contributed by atoms with Crippen molar-refractivity contribution in [3.05, 3.63) is 30.3 Å². The van der Waals surface area contributed by atoms with Crippen LogP contribution in [0, 0.1) is 5.92 Å². The van der Waals surface area contributed by atoms with E-state index in [9.17, 15) is 18.0 Å². The number of nitrogens with one attached hydrogen (secondary N) is 2. The van der Waals surface area contributed by atoms with Crippen molar-refractivity contribution in [2.75, 3.05) is 13.1 Å². The third kappa shape index (κ3) is 4.91. The Morgan fingerprint density at radius 2 is 1.75 bits per heavy atom. The first-order valence-corrected chi connectivity index (χ1v) is 11.5. The second-order valence-electron chi connectivity index (χ2n) is 7.74. The predicted octanol–water partition coefficient (Wildman–Crippen LogP) is 1.65. The fraction of sp³-hybridized carbons (Fsp3) is 0.600. The molecule has 0 aromatic heterocycles. The summed E-state index contributed by atoms with van der Waals surface area (Å²) in [5, 5.41) is 5.74. The molecule has 1 heterocycles. The maximum Gasteiger partial charge on any atom is 0.243 e. The number of benzene rings is 1. The maximum atomic E-state index is 12.8. The molecular formula is C20H29N3O4S. The lowest BCUT2D eigenvalue weighted by atomic mass is 9.98. The van der Waals surface area contributed by atoms with Crippen molar-refractivity contribution in [2.45, 2.75) is 62.4 Å². The van der Waals surface area contributed by atoms with Crippen LogP contribution in [-0.4, -0.2) is 49.7 Å². The molecule has 3 rings (SSSR count). The zero-order valence-corrected chi connectivity index (χ0v) is 17.1. The molecule has 0 bridgehead atoms. The minimum atomic E-state index is -3.61. The Morgan fingerprint density at radius 1 is 1.07 bits per heavy atom. The molecule has 154 valence electrons. The first-order chi connectivity index (χ1) is 13.4. The van der Waals surface area contributed by atoms with Crippen LogP contribution in [0.1, 0.15) is 45.4 Å². The van der Waals surface area contributed by atoms with E-state index >= 15 is 0 Å². The fourth-order valence-electron chi connectivity index (χ4n) is 3.91. The van der Waals surface area contributed by atoms with Crippen molar-refractivity contribution in [1.82, 2.24) is 14.9 Å². The van der Waals surface area contributed by atoms with Crippen molar-refractivity contribution < 1.29 is 18.0 Å². The third-order valence-electron chi connectivity index (χ3n) is 5.59. The Hall–Kier alpha value is -1.93. The van der Waals surface area contributed by atoms with Gasteiger partial charge in [-0.1, -0.05) is 31.0 Å². The zero-order chi connectivity index (χ0) is 20.1. The molecule has 2 amide bonds. The van der Waals surface area contributed by atoms with Crippen molar-refractivity contribution in [3.8, 4) is 0 Å². The molecular weight excluding hydrogens is 378 g/mol. The second kappa shape index (κ2) is 9.05. The Balaban J connectivity index is 1.57. The molecule has 0 spiro atoms. The van der Waals surface area contributed by atoms with Gasteiger partial charge in [-0.2, -0.15) is 4.31 Å². The number of hydrogen-bond donors (Lipinski definition) is 2. The summed E-state index contributed by atoms with van der Waals surface area (Å²) in [6.45, 7) is 2.21. The topological polar surface area (TPSA) is 95.6 Å². The van der Waals surface area contributed by atoms with Crippen molar-refractivity contribution >= 4 is 21.8 Å². The lowest BCUT2D eigenvalue weighted by molar-refractivity contribution is -0.131. The Morgan fingerprint density at radius 3 is 2.43 bits per heavy atom. The molecule has 2 aliphatic rings. The van der Waals surface area contributed by atoms with Crippen LogP contribution in [0.2, 0.25) is 0 Å². The maximum absolute atomic E-state index is 12.8. The summed E-state index contributed by atoms with van der Waals surface area (Å²) in [5.41, 5.74) is 0. The normalized spacial score (nSPS) is 22.5. The van der Waals surface area contributed by atoms with E-state index in [-0.39, 0.29) is 29.3 Å². The van der Waals surface area contributed by atoms with Gasteiger partial charge in [0.2, 0.25) is 21.8 Å². The van der Waals surface area contributed by atoms with Gasteiger partial charge < -0.3 is 10.6 Å². The highest BCUT2D eigenvalue weighted by atomic mass is 32.2. The number of nitrogens with zero attached hydrogens (tertiary/aromatic N) is 1. The summed E-state index contributed by atoms with van der Waals surface area (Å²) in [4.78, 5) is 25.2. The SMILES string of the molecule is C[C@H](NC(=O)[C@H]1CCCN(S(=O)(=O)c2ccccc2)C1)C(=O)NC1CCCC1. The van der Waals surface area contributed by atoms with E-state index in [1.807, 2.05) is 0 Å². The monoisotopic (exact) mass is 407 g/mol. The summed E-state index contributed by atoms with van der Waals surface area (Å²) in [6, 6.07) is 7.84. The first kappa shape index (κ1) is 20.8. The molecule has 0 radical (unpaired) electrons. The molecule has 0 unspecified atom stereocenters. The van der Waals surface area contributed by atoms with E-state index in [2.05, 4.69) is 10.6 Å². The smallest absolute Gasteiger partial charge is 0.243 e. The van der Waals surface area contributed by atoms with Gasteiger partial charge in [0, 0.05) is 19.1 Å². The van der Waals surface area contributed by atoms with Crippen LogP contribution in [0.25, 0.3) is 0 Å². The van der Waals surface area contributed by atoms with Gasteiger partial charge in [-0.25, -0.2) is 8.42 Å². The third-order valence-corrected chi connectivity index (χ3v) is 7.47. The van der Waals surface area contributed by atoms with Gasteiger partial charge in [0.1, 0.15) is 6.04 Å². The molecule has 1 aromatic rings. The number of rotatable bonds is 6. The van der Waals surface area contributed by atoms with E-state index in [4.69, 9.17) is 0 Å². The van der Waals surface area contributed by atoms with E-state index in [1.165, 1.54) is 4.31 Å². The van der Waals surface area contributed by atoms with Crippen LogP contribution in [0.4, 0.5) is 0 Å². The Bertz CT molecular complexity index is 791. The van der Waals surface area contributed by atoms with E-state index in [0.717, 1.165) is 25.7 Å². The molecule has 1 aliphatic carbocycles. The number of piperidine rings is 1. The van der Waals surface area contributed by atoms with Gasteiger partial charge in [-0.15, -0.1) is 0 Å². The van der Waals surface area contributed by atoms with Crippen LogP contribution >= 0.6 is 0 Å². The molecule has 2 atom stereocenters. The molecule has 2 N–H and O–H groups in total. The van der Waals surface area contributed by atoms with Crippen LogP contribution in [0.15, 0.2) is 35.2 Å². The Labute approximate surface area is 166 Å². The van der Waals surface area contributed by atoms with E-state index in [0.29, 0.717) is 19.4 Å². The fourth-order valence-corrected chi connectivity index (χ4v) is 5.45. The lowest BCUT2D eigenvalue weighted by Gasteiger charge is -2.31. The van der Waals surface area contributed by atoms with Gasteiger partial charge in [0.15, 0.2) is 0 Å². The lowest BCUT2D eigenvalue weighted by Crippen LogP contribution is -2.51. The summed E-state index contributed by atoms with van der Waals surface area (Å²) in [5.74, 6) is -0.888. The minimum absolute atomic E-state index is 0.139. The quantitative estimate of drug-likeness (QED) is 0.750. The number of carbonyl (C=O) groups excluding carboxylic acids is 2. The van der Waals surface area contributed by atoms with Gasteiger partial charge in [0.05, 0.1) is 10.8 Å². The summed E-state index contributed by atoms with van der Waals surface area (Å²) < 4.78 is 27.0. The van der Waals surface area contributed by atoms with Gasteiger partial charge in [-0.05, 0) is 44.7 Å². The van der Waals surface area contributed by atoms with Crippen LogP contribution in [-0.2, 0) is 19.6 Å². The van der Waals surface area contributed by atoms with Gasteiger partial charge in [-0.3, -0.25) is 9.59 Å². The van der Waals surface area contributed by atoms with Crippen LogP contribution in [0.5, 0.6) is 0 Å². The van der Waals surface area contributed by atoms with Crippen molar-refractivity contribution in [3.63, 3.8) is 0 Å². The summed E-state index contributed by atoms with van der Waals surface area (Å²) in [7, 11) is -3.61. The average molecular weight is 408 g/mol. The van der Waals surface area contributed by atoms with E-state index in [1.54, 1.807) is 37.3 Å². The predicted molar refractivity (Wildman–Crippen MR) is 106 cm³/mol. The standard InChI is InChI=1S/C20H29N3O4S/c1-15(19(24)22-17-9-5-6-10-17)21-20(25)16-8-7-13-23(14-16)28(26,27)18-11-3-2-4-12-18/h2-4,11-12,15-17H,5-10,13-14H2,1H3,(H,21,25)(H,22,24)/t15-,16-/m0/s1. The highest BCUT2D eigenvalue weighted by Crippen LogP contribution is 2.24. The molecule has 7 nitrogen and oxygen atoms in total. The highest BCUT2D eigenvalue weighted by Gasteiger charge is 2.34. The molecule has 1 aromatic carbocycles. The summed E-state index contributed by atoms with van der Waals surface area (Å²) >= 11 is 0. The number of amides is 2. The highest BCUT2D eigenvalue weighted by molar-refractivity contribution is 7.89. The van der Waals surface area contributed by atoms with Gasteiger partial charge >= 0.3 is 0 Å². The number of carbonyl (C=O) groups is 2. The van der Waals surface area contributed by atoms with Crippen molar-refractivity contribution in [1.29, 1.82) is 0 Å². The molecule has 1 aliphatic heterocycles. The Kier molecular flexibility index (Phi) is 6.72. The first-order valence-electron chi connectivity index (χ1n) is 10.0. The second-order valence-corrected chi connectivity index (χ2v) is 9.67. The van der Waals surface area contributed by atoms with Crippen molar-refractivity contribution in [2.24, 2.45) is 5.92 Å². The van der Waals surface area contributed by atoms with Crippen LogP contribution < -0.4 is 10.6 Å². The number of sulfonamides is 1. The zero-order valence-electron chi connectivity index (χ0n) is 16.3. The number of hydrogen-bond acceptors (Lipinski definition) is 4. The molecule has 8 heteroatoms. The van der Waals surface area contributed by atoms with E-state index < -0.39 is 22.0 Å². The minimum Gasteiger partial charge on any atom is -0.352 e. The summed E-state index contributed by atoms with van der Waals surface area (Å²) in [6.07, 6.45) is 5.46. The molecule has 2 fully saturated rings. The van der Waals surface area contributed by atoms with Gasteiger partial charge in [0.25, 0.3) is 0 Å². The van der Waals surface area contributed by atoms with Crippen LogP contribution in [0.3, 0.4) is 0 Å². The molecule has 1 saturated heterocycles. The largest absolute Gasteiger partial charge is 0.352 e. The average Bonchev–Trinajstić information content (AvgIpc) is 3.21.